The maximum Gasteiger partial charge on any atom is 0.267 e. The van der Waals surface area contributed by atoms with E-state index in [9.17, 15) is 9.59 Å². The summed E-state index contributed by atoms with van der Waals surface area (Å²) in [5.41, 5.74) is 2.68. The molecule has 0 aliphatic heterocycles. The van der Waals surface area contributed by atoms with E-state index in [1.165, 1.54) is 11.3 Å². The van der Waals surface area contributed by atoms with Gasteiger partial charge in [0.15, 0.2) is 0 Å². The number of nitrogens with one attached hydrogen (secondary N) is 2. The first-order chi connectivity index (χ1) is 14.0. The van der Waals surface area contributed by atoms with Crippen molar-refractivity contribution < 1.29 is 9.59 Å². The highest BCUT2D eigenvalue weighted by Crippen LogP contribution is 2.35. The molecule has 2 amide bonds. The molecule has 4 nitrogen and oxygen atoms in total. The van der Waals surface area contributed by atoms with Crippen LogP contribution in [0.2, 0.25) is 5.02 Å². The summed E-state index contributed by atoms with van der Waals surface area (Å²) in [5, 5.41) is 7.09. The van der Waals surface area contributed by atoms with Gasteiger partial charge in [-0.2, -0.15) is 0 Å². The van der Waals surface area contributed by atoms with Gasteiger partial charge in [0.1, 0.15) is 4.88 Å². The third-order valence-electron chi connectivity index (χ3n) is 4.52. The van der Waals surface area contributed by atoms with Crippen LogP contribution in [0.3, 0.4) is 0 Å². The van der Waals surface area contributed by atoms with Crippen LogP contribution in [-0.2, 0) is 0 Å². The minimum atomic E-state index is -0.277. The van der Waals surface area contributed by atoms with Gasteiger partial charge < -0.3 is 10.6 Å². The molecule has 6 heteroatoms. The highest BCUT2D eigenvalue weighted by atomic mass is 35.5. The zero-order chi connectivity index (χ0) is 20.4. The summed E-state index contributed by atoms with van der Waals surface area (Å²) < 4.78 is 0.961. The van der Waals surface area contributed by atoms with E-state index in [4.69, 9.17) is 11.6 Å². The standard InChI is InChI=1S/C23H17ClN2O2S/c1-14-11-12-16(13-18(14)26-22(27)15-7-3-2-4-8-15)25-23(28)21-20(24)17-9-5-6-10-19(17)29-21/h2-13H,1H3,(H,25,28)(H,26,27). The van der Waals surface area contributed by atoms with Crippen LogP contribution >= 0.6 is 22.9 Å². The van der Waals surface area contributed by atoms with Crippen molar-refractivity contribution in [2.75, 3.05) is 10.6 Å². The van der Waals surface area contributed by atoms with Crippen LogP contribution in [0, 0.1) is 6.92 Å². The van der Waals surface area contributed by atoms with Crippen molar-refractivity contribution in [3.05, 3.63) is 93.8 Å². The van der Waals surface area contributed by atoms with Gasteiger partial charge in [0, 0.05) is 27.0 Å². The number of benzene rings is 3. The average Bonchev–Trinajstić information content (AvgIpc) is 3.08. The smallest absolute Gasteiger partial charge is 0.267 e. The molecule has 0 atom stereocenters. The summed E-state index contributed by atoms with van der Waals surface area (Å²) in [5.74, 6) is -0.481. The lowest BCUT2D eigenvalue weighted by Crippen LogP contribution is -2.14. The molecule has 0 aliphatic carbocycles. The third-order valence-corrected chi connectivity index (χ3v) is 6.19. The van der Waals surface area contributed by atoms with Crippen LogP contribution in [0.5, 0.6) is 0 Å². The number of rotatable bonds is 4. The highest BCUT2D eigenvalue weighted by Gasteiger charge is 2.17. The summed E-state index contributed by atoms with van der Waals surface area (Å²) in [6.07, 6.45) is 0. The maximum absolute atomic E-state index is 12.8. The summed E-state index contributed by atoms with van der Waals surface area (Å²) in [7, 11) is 0. The van der Waals surface area contributed by atoms with Crippen LogP contribution in [0.1, 0.15) is 25.6 Å². The SMILES string of the molecule is Cc1ccc(NC(=O)c2sc3ccccc3c2Cl)cc1NC(=O)c1ccccc1. The second kappa shape index (κ2) is 8.07. The molecule has 4 rings (SSSR count). The Morgan fingerprint density at radius 2 is 1.59 bits per heavy atom. The van der Waals surface area contributed by atoms with Crippen molar-refractivity contribution in [1.29, 1.82) is 0 Å². The Bertz CT molecular complexity index is 1220. The number of carbonyl (C=O) groups is 2. The number of aryl methyl sites for hydroxylation is 1. The zero-order valence-corrected chi connectivity index (χ0v) is 17.1. The number of thiophene rings is 1. The van der Waals surface area contributed by atoms with Gasteiger partial charge in [-0.05, 0) is 42.8 Å². The van der Waals surface area contributed by atoms with Crippen LogP contribution in [0.25, 0.3) is 10.1 Å². The summed E-state index contributed by atoms with van der Waals surface area (Å²) in [4.78, 5) is 25.7. The lowest BCUT2D eigenvalue weighted by atomic mass is 10.1. The largest absolute Gasteiger partial charge is 0.322 e. The fourth-order valence-electron chi connectivity index (χ4n) is 2.97. The molecule has 0 spiro atoms. The zero-order valence-electron chi connectivity index (χ0n) is 15.5. The topological polar surface area (TPSA) is 58.2 Å². The summed E-state index contributed by atoms with van der Waals surface area (Å²) in [6.45, 7) is 1.90. The van der Waals surface area contributed by atoms with Gasteiger partial charge in [0.2, 0.25) is 0 Å². The Kier molecular flexibility index (Phi) is 5.34. The number of amides is 2. The minimum absolute atomic E-state index is 0.204. The molecule has 0 saturated heterocycles. The van der Waals surface area contributed by atoms with E-state index in [2.05, 4.69) is 10.6 Å². The van der Waals surface area contributed by atoms with E-state index in [0.717, 1.165) is 15.6 Å². The van der Waals surface area contributed by atoms with Crippen molar-refractivity contribution in [2.24, 2.45) is 0 Å². The Hall–Kier alpha value is -3.15. The highest BCUT2D eigenvalue weighted by molar-refractivity contribution is 7.21. The van der Waals surface area contributed by atoms with Crippen LogP contribution in [-0.4, -0.2) is 11.8 Å². The second-order valence-corrected chi connectivity index (χ2v) is 7.98. The molecule has 2 N–H and O–H groups in total. The van der Waals surface area contributed by atoms with Gasteiger partial charge in [-0.15, -0.1) is 11.3 Å². The van der Waals surface area contributed by atoms with Gasteiger partial charge in [0.05, 0.1) is 5.02 Å². The number of hydrogen-bond donors (Lipinski definition) is 2. The fraction of sp³-hybridized carbons (Fsp3) is 0.0435. The molecule has 0 saturated carbocycles. The average molecular weight is 421 g/mol. The van der Waals surface area contributed by atoms with Gasteiger partial charge in [-0.3, -0.25) is 9.59 Å². The van der Waals surface area contributed by atoms with Crippen molar-refractivity contribution in [3.63, 3.8) is 0 Å². The van der Waals surface area contributed by atoms with E-state index in [1.807, 2.05) is 55.5 Å². The van der Waals surface area contributed by atoms with Crippen molar-refractivity contribution in [3.8, 4) is 0 Å². The molecule has 4 aromatic rings. The minimum Gasteiger partial charge on any atom is -0.322 e. The number of fused-ring (bicyclic) bond motifs is 1. The molecule has 3 aromatic carbocycles. The van der Waals surface area contributed by atoms with E-state index >= 15 is 0 Å². The first kappa shape index (κ1) is 19.2. The molecule has 0 fully saturated rings. The van der Waals surface area contributed by atoms with Crippen LogP contribution in [0.4, 0.5) is 11.4 Å². The number of carbonyl (C=O) groups excluding carboxylic acids is 2. The molecule has 0 bridgehead atoms. The molecular formula is C23H17ClN2O2S. The van der Waals surface area contributed by atoms with E-state index < -0.39 is 0 Å². The van der Waals surface area contributed by atoms with Gasteiger partial charge in [-0.25, -0.2) is 0 Å². The van der Waals surface area contributed by atoms with Crippen molar-refractivity contribution in [2.45, 2.75) is 6.92 Å². The summed E-state index contributed by atoms with van der Waals surface area (Å²) >= 11 is 7.76. The lowest BCUT2D eigenvalue weighted by Gasteiger charge is -2.11. The summed E-state index contributed by atoms with van der Waals surface area (Å²) in [6, 6.07) is 22.0. The predicted octanol–water partition coefficient (Wildman–Crippen LogP) is 6.37. The molecule has 1 heterocycles. The van der Waals surface area contributed by atoms with E-state index in [0.29, 0.717) is 26.8 Å². The predicted molar refractivity (Wildman–Crippen MR) is 120 cm³/mol. The molecule has 144 valence electrons. The van der Waals surface area contributed by atoms with Gasteiger partial charge in [-0.1, -0.05) is 54.1 Å². The Morgan fingerprint density at radius 1 is 0.862 bits per heavy atom. The Labute approximate surface area is 177 Å². The molecule has 0 radical (unpaired) electrons. The molecular weight excluding hydrogens is 404 g/mol. The number of hydrogen-bond acceptors (Lipinski definition) is 3. The number of anilines is 2. The van der Waals surface area contributed by atoms with Gasteiger partial charge in [0.25, 0.3) is 11.8 Å². The van der Waals surface area contributed by atoms with Crippen LogP contribution < -0.4 is 10.6 Å². The lowest BCUT2D eigenvalue weighted by molar-refractivity contribution is 0.102. The first-order valence-electron chi connectivity index (χ1n) is 8.98. The van der Waals surface area contributed by atoms with E-state index in [-0.39, 0.29) is 11.8 Å². The molecule has 1 aromatic heterocycles. The molecule has 0 aliphatic rings. The maximum atomic E-state index is 12.8. The monoisotopic (exact) mass is 420 g/mol. The third kappa shape index (κ3) is 4.01. The molecule has 0 unspecified atom stereocenters. The van der Waals surface area contributed by atoms with Crippen LogP contribution in [0.15, 0.2) is 72.8 Å². The van der Waals surface area contributed by atoms with Crippen molar-refractivity contribution in [1.82, 2.24) is 0 Å². The fourth-order valence-corrected chi connectivity index (χ4v) is 4.38. The Morgan fingerprint density at radius 3 is 2.34 bits per heavy atom. The van der Waals surface area contributed by atoms with Gasteiger partial charge >= 0.3 is 0 Å². The van der Waals surface area contributed by atoms with Crippen molar-refractivity contribution >= 4 is 56.2 Å². The second-order valence-electron chi connectivity index (χ2n) is 6.55. The Balaban J connectivity index is 1.56. The van der Waals surface area contributed by atoms with E-state index in [1.54, 1.807) is 24.3 Å². The molecule has 29 heavy (non-hydrogen) atoms. The first-order valence-corrected chi connectivity index (χ1v) is 10.2. The normalized spacial score (nSPS) is 10.7. The number of halogens is 1. The quantitative estimate of drug-likeness (QED) is 0.403.